The van der Waals surface area contributed by atoms with Crippen molar-refractivity contribution in [1.82, 2.24) is 0 Å². The Hall–Kier alpha value is -5.24. The van der Waals surface area contributed by atoms with E-state index in [4.69, 9.17) is 0 Å². The molecule has 0 nitrogen and oxygen atoms in total. The van der Waals surface area contributed by atoms with E-state index < -0.39 is 0 Å². The number of benzene rings is 8. The zero-order valence-corrected chi connectivity index (χ0v) is 24.1. The highest BCUT2D eigenvalue weighted by molar-refractivity contribution is 7.25. The van der Waals surface area contributed by atoms with Crippen molar-refractivity contribution in [3.63, 3.8) is 0 Å². The van der Waals surface area contributed by atoms with Crippen molar-refractivity contribution in [3.8, 4) is 44.5 Å². The molecule has 0 fully saturated rings. The van der Waals surface area contributed by atoms with Crippen molar-refractivity contribution in [2.45, 2.75) is 0 Å². The highest BCUT2D eigenvalue weighted by Gasteiger charge is 2.21. The Bertz CT molecular complexity index is 2620. The minimum Gasteiger partial charge on any atom is -0.135 e. The lowest BCUT2D eigenvalue weighted by Crippen LogP contribution is -1.84. The molecule has 0 saturated carbocycles. The normalized spacial score (nSPS) is 12.2. The van der Waals surface area contributed by atoms with Crippen molar-refractivity contribution in [3.05, 3.63) is 146 Å². The first-order chi connectivity index (χ1) is 21.3. The van der Waals surface area contributed by atoms with E-state index >= 15 is 0 Å². The van der Waals surface area contributed by atoms with E-state index in [1.807, 2.05) is 11.3 Å². The average molecular weight is 561 g/mol. The Kier molecular flexibility index (Phi) is 4.69. The second-order valence-electron chi connectivity index (χ2n) is 11.8. The fourth-order valence-electron chi connectivity index (χ4n) is 7.24. The average Bonchev–Trinajstić information content (AvgIpc) is 3.59. The molecule has 1 aliphatic carbocycles. The lowest BCUT2D eigenvalue weighted by Gasteiger charge is -2.10. The molecule has 0 aliphatic heterocycles. The van der Waals surface area contributed by atoms with Crippen LogP contribution in [0, 0.1) is 0 Å². The van der Waals surface area contributed by atoms with Crippen molar-refractivity contribution >= 4 is 63.8 Å². The Morgan fingerprint density at radius 1 is 0.302 bits per heavy atom. The van der Waals surface area contributed by atoms with E-state index in [1.165, 1.54) is 97.0 Å². The molecule has 9 aromatic rings. The number of hydrogen-bond acceptors (Lipinski definition) is 1. The molecule has 1 aromatic heterocycles. The van der Waals surface area contributed by atoms with Crippen LogP contribution in [0.1, 0.15) is 0 Å². The molecule has 0 spiro atoms. The summed E-state index contributed by atoms with van der Waals surface area (Å²) < 4.78 is 2.71. The van der Waals surface area contributed by atoms with Gasteiger partial charge in [0.05, 0.1) is 0 Å². The van der Waals surface area contributed by atoms with Gasteiger partial charge in [0, 0.05) is 20.2 Å². The van der Waals surface area contributed by atoms with Crippen LogP contribution in [0.5, 0.6) is 0 Å². The maximum absolute atomic E-state index is 2.38. The van der Waals surface area contributed by atoms with Gasteiger partial charge >= 0.3 is 0 Å². The predicted molar refractivity (Wildman–Crippen MR) is 187 cm³/mol. The van der Waals surface area contributed by atoms with Crippen LogP contribution in [-0.4, -0.2) is 0 Å². The van der Waals surface area contributed by atoms with Gasteiger partial charge in [-0.15, -0.1) is 11.3 Å². The number of rotatable bonds is 2. The van der Waals surface area contributed by atoms with E-state index in [-0.39, 0.29) is 0 Å². The van der Waals surface area contributed by atoms with E-state index in [0.29, 0.717) is 0 Å². The maximum atomic E-state index is 2.38. The molecule has 0 saturated heterocycles. The van der Waals surface area contributed by atoms with Gasteiger partial charge in [0.25, 0.3) is 0 Å². The number of hydrogen-bond donors (Lipinski definition) is 0. The molecule has 0 amide bonds. The zero-order chi connectivity index (χ0) is 28.1. The first kappa shape index (κ1) is 23.3. The molecule has 0 N–H and O–H groups in total. The summed E-state index contributed by atoms with van der Waals surface area (Å²) in [6.07, 6.45) is 0. The van der Waals surface area contributed by atoms with Gasteiger partial charge in [0.2, 0.25) is 0 Å². The lowest BCUT2D eigenvalue weighted by molar-refractivity contribution is 1.66. The lowest BCUT2D eigenvalue weighted by atomic mass is 9.93. The molecule has 1 heterocycles. The maximum Gasteiger partial charge on any atom is 0.0361 e. The quantitative estimate of drug-likeness (QED) is 0.197. The second kappa shape index (κ2) is 8.64. The summed E-state index contributed by atoms with van der Waals surface area (Å²) in [4.78, 5) is 0. The third-order valence-corrected chi connectivity index (χ3v) is 10.5. The van der Waals surface area contributed by atoms with Crippen LogP contribution in [0.25, 0.3) is 97.0 Å². The van der Waals surface area contributed by atoms with Crippen molar-refractivity contribution in [2.24, 2.45) is 0 Å². The fourth-order valence-corrected chi connectivity index (χ4v) is 8.37. The fraction of sp³-hybridized carbons (Fsp3) is 0. The van der Waals surface area contributed by atoms with E-state index in [1.54, 1.807) is 0 Å². The van der Waals surface area contributed by atoms with Gasteiger partial charge in [-0.2, -0.15) is 0 Å². The van der Waals surface area contributed by atoms with Crippen molar-refractivity contribution in [2.75, 3.05) is 0 Å². The SMILES string of the molecule is c1ccc2c(c1)-c1cccc3cc(-c4ccc5cc(-c6ccc7cc8sc9ccccc9c8cc7c6)ccc5c4)cc-2c13. The van der Waals surface area contributed by atoms with Gasteiger partial charge in [-0.25, -0.2) is 0 Å². The van der Waals surface area contributed by atoms with Crippen LogP contribution in [-0.2, 0) is 0 Å². The molecule has 198 valence electrons. The van der Waals surface area contributed by atoms with Crippen LogP contribution < -0.4 is 0 Å². The van der Waals surface area contributed by atoms with Gasteiger partial charge in [-0.3, -0.25) is 0 Å². The first-order valence-corrected chi connectivity index (χ1v) is 15.6. The molecule has 1 heteroatoms. The van der Waals surface area contributed by atoms with Gasteiger partial charge in [0.15, 0.2) is 0 Å². The first-order valence-electron chi connectivity index (χ1n) is 14.8. The summed E-state index contributed by atoms with van der Waals surface area (Å²) in [5.74, 6) is 0. The third-order valence-electron chi connectivity index (χ3n) is 9.33. The summed E-state index contributed by atoms with van der Waals surface area (Å²) in [6, 6.07) is 54.4. The minimum atomic E-state index is 1.25. The Labute approximate surface area is 253 Å². The summed E-state index contributed by atoms with van der Waals surface area (Å²) in [5.41, 5.74) is 10.4. The predicted octanol–water partition coefficient (Wildman–Crippen LogP) is 12.5. The molecule has 0 atom stereocenters. The largest absolute Gasteiger partial charge is 0.135 e. The topological polar surface area (TPSA) is 0 Å². The summed E-state index contributed by atoms with van der Waals surface area (Å²) >= 11 is 1.88. The minimum absolute atomic E-state index is 1.25. The number of thiophene rings is 1. The molecule has 10 rings (SSSR count). The second-order valence-corrected chi connectivity index (χ2v) is 12.8. The Morgan fingerprint density at radius 2 is 0.907 bits per heavy atom. The van der Waals surface area contributed by atoms with Gasteiger partial charge < -0.3 is 0 Å². The van der Waals surface area contributed by atoms with Crippen molar-refractivity contribution < 1.29 is 0 Å². The molecule has 43 heavy (non-hydrogen) atoms. The molecule has 8 aromatic carbocycles. The summed E-state index contributed by atoms with van der Waals surface area (Å²) in [6.45, 7) is 0. The molecule has 0 radical (unpaired) electrons. The monoisotopic (exact) mass is 560 g/mol. The zero-order valence-electron chi connectivity index (χ0n) is 23.3. The summed E-state index contributed by atoms with van der Waals surface area (Å²) in [5, 5.41) is 10.5. The highest BCUT2D eigenvalue weighted by Crippen LogP contribution is 2.48. The van der Waals surface area contributed by atoms with Gasteiger partial charge in [-0.1, -0.05) is 97.1 Å². The smallest absolute Gasteiger partial charge is 0.0361 e. The molecule has 0 unspecified atom stereocenters. The van der Waals surface area contributed by atoms with Gasteiger partial charge in [0.1, 0.15) is 0 Å². The van der Waals surface area contributed by atoms with Crippen molar-refractivity contribution in [1.29, 1.82) is 0 Å². The standard InChI is InChI=1S/C42H24S/c1-2-8-35-34(7-1)37-10-5-6-31-21-33(23-39(35)42(31)37)29-16-14-25-18-26(12-13-27(25)19-29)28-15-17-30-24-41-38(22-32(30)20-28)36-9-3-4-11-40(36)43-41/h1-24H. The Morgan fingerprint density at radius 3 is 1.70 bits per heavy atom. The van der Waals surface area contributed by atoms with Crippen LogP contribution in [0.3, 0.4) is 0 Å². The molecular weight excluding hydrogens is 537 g/mol. The molecular formula is C42H24S. The van der Waals surface area contributed by atoms with Crippen LogP contribution in [0.4, 0.5) is 0 Å². The molecule has 0 bridgehead atoms. The van der Waals surface area contributed by atoms with Crippen LogP contribution in [0.15, 0.2) is 146 Å². The Balaban J connectivity index is 1.06. The van der Waals surface area contributed by atoms with Crippen LogP contribution >= 0.6 is 11.3 Å². The van der Waals surface area contributed by atoms with Crippen LogP contribution in [0.2, 0.25) is 0 Å². The highest BCUT2D eigenvalue weighted by atomic mass is 32.1. The van der Waals surface area contributed by atoms with Gasteiger partial charge in [-0.05, 0) is 125 Å². The molecule has 1 aliphatic rings. The van der Waals surface area contributed by atoms with E-state index in [9.17, 15) is 0 Å². The summed E-state index contributed by atoms with van der Waals surface area (Å²) in [7, 11) is 0. The van der Waals surface area contributed by atoms with E-state index in [0.717, 1.165) is 0 Å². The third kappa shape index (κ3) is 3.43. The number of fused-ring (bicyclic) bond motifs is 8. The van der Waals surface area contributed by atoms with E-state index in [2.05, 4.69) is 146 Å².